The zero-order chi connectivity index (χ0) is 20.9. The largest absolute Gasteiger partial charge is 0.271 e. The highest BCUT2D eigenvalue weighted by atomic mass is 32.2. The van der Waals surface area contributed by atoms with Gasteiger partial charge in [-0.3, -0.25) is 4.79 Å². The van der Waals surface area contributed by atoms with Crippen molar-refractivity contribution in [1.82, 2.24) is 9.78 Å². The van der Waals surface area contributed by atoms with Gasteiger partial charge in [0.05, 0.1) is 12.7 Å². The Balaban J connectivity index is 1.79. The summed E-state index contributed by atoms with van der Waals surface area (Å²) in [5, 5.41) is 4.45. The molecule has 0 N–H and O–H groups in total. The van der Waals surface area contributed by atoms with E-state index in [0.29, 0.717) is 18.5 Å². The number of hydrogen-bond donors (Lipinski definition) is 0. The van der Waals surface area contributed by atoms with Crippen LogP contribution in [0.25, 0.3) is 11.1 Å². The van der Waals surface area contributed by atoms with Gasteiger partial charge in [-0.2, -0.15) is 5.10 Å². The molecular formula is C25H21FN2OS. The summed E-state index contributed by atoms with van der Waals surface area (Å²) in [5.74, 6) is -0.289. The average Bonchev–Trinajstić information content (AvgIpc) is 2.79. The number of thioether (sulfide) groups is 1. The maximum atomic E-state index is 13.4. The summed E-state index contributed by atoms with van der Waals surface area (Å²) in [6.45, 7) is 0.405. The number of hydrogen-bond acceptors (Lipinski definition) is 3. The molecule has 1 aromatic heterocycles. The highest BCUT2D eigenvalue weighted by Gasteiger charge is 2.14. The van der Waals surface area contributed by atoms with Crippen molar-refractivity contribution in [2.75, 3.05) is 6.26 Å². The van der Waals surface area contributed by atoms with Crippen LogP contribution in [0.5, 0.6) is 0 Å². The molecule has 0 radical (unpaired) electrons. The molecule has 150 valence electrons. The summed E-state index contributed by atoms with van der Waals surface area (Å²) in [4.78, 5) is 14.5. The minimum absolute atomic E-state index is 0.130. The number of benzene rings is 3. The Bertz CT molecular complexity index is 1190. The van der Waals surface area contributed by atoms with E-state index in [2.05, 4.69) is 5.10 Å². The van der Waals surface area contributed by atoms with Crippen molar-refractivity contribution in [2.45, 2.75) is 17.9 Å². The molecule has 0 aliphatic carbocycles. The van der Waals surface area contributed by atoms with E-state index in [4.69, 9.17) is 0 Å². The van der Waals surface area contributed by atoms with Crippen molar-refractivity contribution in [3.63, 3.8) is 0 Å². The first-order valence-electron chi connectivity index (χ1n) is 9.66. The second-order valence-electron chi connectivity index (χ2n) is 7.02. The molecule has 0 bridgehead atoms. The minimum Gasteiger partial charge on any atom is -0.267 e. The van der Waals surface area contributed by atoms with E-state index < -0.39 is 0 Å². The quantitative estimate of drug-likeness (QED) is 0.394. The van der Waals surface area contributed by atoms with Gasteiger partial charge in [-0.15, -0.1) is 11.8 Å². The van der Waals surface area contributed by atoms with E-state index in [0.717, 1.165) is 27.1 Å². The van der Waals surface area contributed by atoms with Crippen molar-refractivity contribution in [1.29, 1.82) is 0 Å². The third-order valence-electron chi connectivity index (χ3n) is 5.01. The second-order valence-corrected chi connectivity index (χ2v) is 7.90. The molecule has 30 heavy (non-hydrogen) atoms. The Labute approximate surface area is 179 Å². The van der Waals surface area contributed by atoms with Gasteiger partial charge in [0.25, 0.3) is 5.56 Å². The van der Waals surface area contributed by atoms with Crippen LogP contribution in [0, 0.1) is 5.82 Å². The Morgan fingerprint density at radius 1 is 0.900 bits per heavy atom. The van der Waals surface area contributed by atoms with Crippen LogP contribution in [-0.2, 0) is 13.0 Å². The van der Waals surface area contributed by atoms with Crippen LogP contribution in [0.2, 0.25) is 0 Å². The summed E-state index contributed by atoms with van der Waals surface area (Å²) >= 11 is 1.67. The van der Waals surface area contributed by atoms with Crippen molar-refractivity contribution in [3.05, 3.63) is 118 Å². The summed E-state index contributed by atoms with van der Waals surface area (Å²) in [5.41, 5.74) is 4.17. The van der Waals surface area contributed by atoms with E-state index in [-0.39, 0.29) is 11.4 Å². The van der Waals surface area contributed by atoms with E-state index in [1.54, 1.807) is 30.1 Å². The summed E-state index contributed by atoms with van der Waals surface area (Å²) in [6, 6.07) is 24.2. The van der Waals surface area contributed by atoms with Crippen LogP contribution in [0.1, 0.15) is 16.7 Å². The van der Waals surface area contributed by atoms with Crippen molar-refractivity contribution >= 4 is 11.8 Å². The molecule has 0 amide bonds. The predicted octanol–water partition coefficient (Wildman–Crippen LogP) is 5.41. The van der Waals surface area contributed by atoms with E-state index in [1.165, 1.54) is 16.8 Å². The molecule has 3 nitrogen and oxygen atoms in total. The summed E-state index contributed by atoms with van der Waals surface area (Å²) in [7, 11) is 0. The summed E-state index contributed by atoms with van der Waals surface area (Å²) < 4.78 is 14.8. The Kier molecular flexibility index (Phi) is 6.10. The lowest BCUT2D eigenvalue weighted by Gasteiger charge is -2.13. The Morgan fingerprint density at radius 2 is 1.60 bits per heavy atom. The second kappa shape index (κ2) is 9.09. The summed E-state index contributed by atoms with van der Waals surface area (Å²) in [6.07, 6.45) is 4.20. The predicted molar refractivity (Wildman–Crippen MR) is 120 cm³/mol. The molecule has 0 aliphatic heterocycles. The van der Waals surface area contributed by atoms with Crippen LogP contribution in [-0.4, -0.2) is 16.0 Å². The van der Waals surface area contributed by atoms with Gasteiger partial charge in [-0.05, 0) is 47.2 Å². The van der Waals surface area contributed by atoms with Gasteiger partial charge < -0.3 is 0 Å². The van der Waals surface area contributed by atoms with Gasteiger partial charge in [0.15, 0.2) is 0 Å². The van der Waals surface area contributed by atoms with Crippen LogP contribution < -0.4 is 5.56 Å². The number of rotatable bonds is 6. The van der Waals surface area contributed by atoms with E-state index >= 15 is 0 Å². The molecular weight excluding hydrogens is 395 g/mol. The molecule has 0 saturated carbocycles. The topological polar surface area (TPSA) is 34.9 Å². The number of nitrogens with zero attached hydrogens (tertiary/aromatic N) is 2. The van der Waals surface area contributed by atoms with E-state index in [9.17, 15) is 9.18 Å². The van der Waals surface area contributed by atoms with Crippen LogP contribution in [0.3, 0.4) is 0 Å². The number of halogens is 1. The standard InChI is InChI=1S/C25H21FN2OS/c1-30-22-13-9-20(10-14-22)24-16-27-28(17-19-5-3-2-4-6-19)25(29)23(24)15-18-7-11-21(26)12-8-18/h2-14,16H,15,17H2,1H3. The molecule has 0 aliphatic rings. The molecule has 5 heteroatoms. The lowest BCUT2D eigenvalue weighted by Crippen LogP contribution is -2.27. The monoisotopic (exact) mass is 416 g/mol. The zero-order valence-corrected chi connectivity index (χ0v) is 17.4. The maximum Gasteiger partial charge on any atom is 0.271 e. The normalized spacial score (nSPS) is 10.9. The molecule has 0 fully saturated rings. The molecule has 3 aromatic carbocycles. The van der Waals surface area contributed by atoms with Gasteiger partial charge in [-0.1, -0.05) is 54.6 Å². The molecule has 0 atom stereocenters. The van der Waals surface area contributed by atoms with Gasteiger partial charge >= 0.3 is 0 Å². The molecule has 0 unspecified atom stereocenters. The van der Waals surface area contributed by atoms with Gasteiger partial charge in [-0.25, -0.2) is 9.07 Å². The van der Waals surface area contributed by atoms with E-state index in [1.807, 2.05) is 60.9 Å². The van der Waals surface area contributed by atoms with Crippen molar-refractivity contribution < 1.29 is 4.39 Å². The van der Waals surface area contributed by atoms with Crippen molar-refractivity contribution in [3.8, 4) is 11.1 Å². The van der Waals surface area contributed by atoms with Gasteiger partial charge in [0.1, 0.15) is 5.82 Å². The molecule has 1 heterocycles. The van der Waals surface area contributed by atoms with Gasteiger partial charge in [0, 0.05) is 22.4 Å². The van der Waals surface area contributed by atoms with Crippen molar-refractivity contribution in [2.24, 2.45) is 0 Å². The molecule has 0 spiro atoms. The Hall–Kier alpha value is -3.18. The number of aromatic nitrogens is 2. The first-order chi connectivity index (χ1) is 14.6. The zero-order valence-electron chi connectivity index (χ0n) is 16.6. The minimum atomic E-state index is -0.289. The van der Waals surface area contributed by atoms with Gasteiger partial charge in [0.2, 0.25) is 0 Å². The fraction of sp³-hybridized carbons (Fsp3) is 0.120. The highest BCUT2D eigenvalue weighted by molar-refractivity contribution is 7.98. The average molecular weight is 417 g/mol. The molecule has 4 aromatic rings. The first kappa shape index (κ1) is 20.1. The van der Waals surface area contributed by atoms with Crippen LogP contribution >= 0.6 is 11.8 Å². The lowest BCUT2D eigenvalue weighted by atomic mass is 9.97. The fourth-order valence-corrected chi connectivity index (χ4v) is 3.80. The molecule has 4 rings (SSSR count). The van der Waals surface area contributed by atoms with Crippen LogP contribution in [0.4, 0.5) is 4.39 Å². The molecule has 0 saturated heterocycles. The first-order valence-corrected chi connectivity index (χ1v) is 10.9. The fourth-order valence-electron chi connectivity index (χ4n) is 3.39. The Morgan fingerprint density at radius 3 is 2.27 bits per heavy atom. The smallest absolute Gasteiger partial charge is 0.267 e. The van der Waals surface area contributed by atoms with Crippen LogP contribution in [0.15, 0.2) is 94.7 Å². The third-order valence-corrected chi connectivity index (χ3v) is 5.76. The lowest BCUT2D eigenvalue weighted by molar-refractivity contribution is 0.626. The highest BCUT2D eigenvalue weighted by Crippen LogP contribution is 2.25. The SMILES string of the molecule is CSc1ccc(-c2cnn(Cc3ccccc3)c(=O)c2Cc2ccc(F)cc2)cc1. The maximum absolute atomic E-state index is 13.4. The third kappa shape index (κ3) is 4.52.